The highest BCUT2D eigenvalue weighted by Gasteiger charge is 2.15. The molecule has 0 bridgehead atoms. The van der Waals surface area contributed by atoms with Crippen LogP contribution in [0, 0.1) is 0 Å². The molecule has 0 saturated carbocycles. The number of nitrogens with two attached hydrogens (primary N) is 1. The van der Waals surface area contributed by atoms with Crippen molar-refractivity contribution in [3.63, 3.8) is 0 Å². The summed E-state index contributed by atoms with van der Waals surface area (Å²) in [5, 5.41) is 2.74. The van der Waals surface area contributed by atoms with Crippen molar-refractivity contribution in [2.24, 2.45) is 0 Å². The summed E-state index contributed by atoms with van der Waals surface area (Å²) in [7, 11) is 1.59. The van der Waals surface area contributed by atoms with Gasteiger partial charge in [0.15, 0.2) is 0 Å². The summed E-state index contributed by atoms with van der Waals surface area (Å²) in [6, 6.07) is 15.1. The number of hydrogen-bond donors (Lipinski definition) is 2. The molecule has 116 valence electrons. The first-order chi connectivity index (χ1) is 10.6. The zero-order valence-corrected chi connectivity index (χ0v) is 13.5. The number of anilines is 2. The highest BCUT2D eigenvalue weighted by atomic mass is 32.2. The fraction of sp³-hybridized carbons (Fsp3) is 0.235. The number of ether oxygens (including phenoxy) is 1. The predicted octanol–water partition coefficient (Wildman–Crippen LogP) is 3.54. The van der Waals surface area contributed by atoms with E-state index in [2.05, 4.69) is 5.32 Å². The Morgan fingerprint density at radius 3 is 2.59 bits per heavy atom. The Kier molecular flexibility index (Phi) is 5.72. The second-order valence-corrected chi connectivity index (χ2v) is 6.21. The lowest BCUT2D eigenvalue weighted by Gasteiger charge is -2.14. The second-order valence-electron chi connectivity index (χ2n) is 4.88. The number of nitrogen functional groups attached to an aromatic ring is 1. The molecule has 4 nitrogen and oxygen atoms in total. The maximum absolute atomic E-state index is 12.2. The molecular formula is C17H20N2O2S. The minimum absolute atomic E-state index is 0.0371. The van der Waals surface area contributed by atoms with Gasteiger partial charge in [-0.05, 0) is 36.8 Å². The second kappa shape index (κ2) is 7.75. The predicted molar refractivity (Wildman–Crippen MR) is 93.2 cm³/mol. The molecular weight excluding hydrogens is 296 g/mol. The number of amides is 1. The van der Waals surface area contributed by atoms with Crippen molar-refractivity contribution >= 4 is 29.0 Å². The monoisotopic (exact) mass is 316 g/mol. The van der Waals surface area contributed by atoms with E-state index in [-0.39, 0.29) is 11.2 Å². The van der Waals surface area contributed by atoms with Crippen LogP contribution >= 0.6 is 11.8 Å². The van der Waals surface area contributed by atoms with Gasteiger partial charge in [0.2, 0.25) is 5.91 Å². The van der Waals surface area contributed by atoms with Crippen LogP contribution in [-0.4, -0.2) is 18.3 Å². The largest absolute Gasteiger partial charge is 0.495 e. The summed E-state index contributed by atoms with van der Waals surface area (Å²) in [5.41, 5.74) is 8.25. The molecule has 1 amide bonds. The zero-order chi connectivity index (χ0) is 15.9. The van der Waals surface area contributed by atoms with E-state index in [0.717, 1.165) is 17.0 Å². The molecule has 2 rings (SSSR count). The molecule has 1 atom stereocenters. The van der Waals surface area contributed by atoms with Gasteiger partial charge < -0.3 is 15.8 Å². The van der Waals surface area contributed by atoms with E-state index in [1.165, 1.54) is 0 Å². The number of para-hydroxylation sites is 2. The Bertz CT molecular complexity index is 629. The first kappa shape index (κ1) is 16.2. The van der Waals surface area contributed by atoms with Crippen LogP contribution in [0.15, 0.2) is 48.5 Å². The quantitative estimate of drug-likeness (QED) is 0.800. The standard InChI is InChI=1S/C17H20N2O2S/c1-12(22-11-13-7-9-14(18)10-8-13)17(20)19-15-5-3-4-6-16(15)21-2/h3-10,12H,11,18H2,1-2H3,(H,19,20). The third-order valence-electron chi connectivity index (χ3n) is 3.21. The van der Waals surface area contributed by atoms with Crippen LogP contribution in [0.4, 0.5) is 11.4 Å². The van der Waals surface area contributed by atoms with Crippen LogP contribution < -0.4 is 15.8 Å². The lowest BCUT2D eigenvalue weighted by Crippen LogP contribution is -2.22. The van der Waals surface area contributed by atoms with Crippen molar-refractivity contribution in [2.75, 3.05) is 18.2 Å². The van der Waals surface area contributed by atoms with E-state index in [9.17, 15) is 4.79 Å². The van der Waals surface area contributed by atoms with Crippen LogP contribution in [0.25, 0.3) is 0 Å². The number of nitrogens with one attached hydrogen (secondary N) is 1. The van der Waals surface area contributed by atoms with Gasteiger partial charge in [-0.2, -0.15) is 0 Å². The topological polar surface area (TPSA) is 64.3 Å². The molecule has 0 saturated heterocycles. The minimum Gasteiger partial charge on any atom is -0.495 e. The maximum Gasteiger partial charge on any atom is 0.237 e. The Hall–Kier alpha value is -2.14. The van der Waals surface area contributed by atoms with Gasteiger partial charge in [-0.25, -0.2) is 0 Å². The molecule has 0 aromatic heterocycles. The van der Waals surface area contributed by atoms with Crippen LogP contribution in [-0.2, 0) is 10.5 Å². The number of rotatable bonds is 6. The fourth-order valence-electron chi connectivity index (χ4n) is 1.89. The zero-order valence-electron chi connectivity index (χ0n) is 12.7. The highest BCUT2D eigenvalue weighted by molar-refractivity contribution is 7.99. The van der Waals surface area contributed by atoms with Crippen molar-refractivity contribution in [2.45, 2.75) is 17.9 Å². The van der Waals surface area contributed by atoms with Gasteiger partial charge in [-0.15, -0.1) is 11.8 Å². The van der Waals surface area contributed by atoms with Crippen LogP contribution in [0.1, 0.15) is 12.5 Å². The third-order valence-corrected chi connectivity index (χ3v) is 4.43. The van der Waals surface area contributed by atoms with Gasteiger partial charge in [0.1, 0.15) is 5.75 Å². The van der Waals surface area contributed by atoms with Crippen molar-refractivity contribution in [3.8, 4) is 5.75 Å². The minimum atomic E-state index is -0.164. The van der Waals surface area contributed by atoms with Crippen molar-refractivity contribution in [1.29, 1.82) is 0 Å². The van der Waals surface area contributed by atoms with E-state index >= 15 is 0 Å². The molecule has 0 spiro atoms. The molecule has 0 fully saturated rings. The Morgan fingerprint density at radius 2 is 1.91 bits per heavy atom. The van der Waals surface area contributed by atoms with E-state index in [4.69, 9.17) is 10.5 Å². The summed E-state index contributed by atoms with van der Waals surface area (Å²) in [5.74, 6) is 1.39. The molecule has 0 aliphatic heterocycles. The Morgan fingerprint density at radius 1 is 1.23 bits per heavy atom. The smallest absolute Gasteiger partial charge is 0.237 e. The lowest BCUT2D eigenvalue weighted by molar-refractivity contribution is -0.115. The van der Waals surface area contributed by atoms with E-state index < -0.39 is 0 Å². The average molecular weight is 316 g/mol. The molecule has 0 radical (unpaired) electrons. The van der Waals surface area contributed by atoms with Crippen molar-refractivity contribution in [1.82, 2.24) is 0 Å². The summed E-state index contributed by atoms with van der Waals surface area (Å²) < 4.78 is 5.23. The van der Waals surface area contributed by atoms with Gasteiger partial charge in [0.25, 0.3) is 0 Å². The molecule has 5 heteroatoms. The molecule has 0 heterocycles. The molecule has 2 aromatic rings. The van der Waals surface area contributed by atoms with E-state index in [1.54, 1.807) is 18.9 Å². The Labute approximate surface area is 135 Å². The van der Waals surface area contributed by atoms with Gasteiger partial charge in [-0.3, -0.25) is 4.79 Å². The number of methoxy groups -OCH3 is 1. The highest BCUT2D eigenvalue weighted by Crippen LogP contribution is 2.25. The van der Waals surface area contributed by atoms with Crippen molar-refractivity contribution < 1.29 is 9.53 Å². The third kappa shape index (κ3) is 4.43. The molecule has 22 heavy (non-hydrogen) atoms. The van der Waals surface area contributed by atoms with Crippen LogP contribution in [0.3, 0.4) is 0 Å². The van der Waals surface area contributed by atoms with Gasteiger partial charge in [0.05, 0.1) is 18.0 Å². The molecule has 0 aliphatic rings. The number of benzene rings is 2. The van der Waals surface area contributed by atoms with Gasteiger partial charge in [0, 0.05) is 11.4 Å². The van der Waals surface area contributed by atoms with Crippen LogP contribution in [0.2, 0.25) is 0 Å². The van der Waals surface area contributed by atoms with Crippen LogP contribution in [0.5, 0.6) is 5.75 Å². The summed E-state index contributed by atoms with van der Waals surface area (Å²) in [4.78, 5) is 12.2. The first-order valence-electron chi connectivity index (χ1n) is 7.00. The van der Waals surface area contributed by atoms with E-state index in [0.29, 0.717) is 11.4 Å². The summed E-state index contributed by atoms with van der Waals surface area (Å²) >= 11 is 1.58. The molecule has 2 aromatic carbocycles. The normalized spacial score (nSPS) is 11.7. The molecule has 3 N–H and O–H groups in total. The summed E-state index contributed by atoms with van der Waals surface area (Å²) in [6.45, 7) is 1.90. The van der Waals surface area contributed by atoms with Gasteiger partial charge >= 0.3 is 0 Å². The summed E-state index contributed by atoms with van der Waals surface area (Å²) in [6.07, 6.45) is 0. The number of hydrogen-bond acceptors (Lipinski definition) is 4. The fourth-order valence-corrected chi connectivity index (χ4v) is 2.74. The molecule has 1 unspecified atom stereocenters. The number of carbonyl (C=O) groups excluding carboxylic acids is 1. The average Bonchev–Trinajstić information content (AvgIpc) is 2.54. The maximum atomic E-state index is 12.2. The SMILES string of the molecule is COc1ccccc1NC(=O)C(C)SCc1ccc(N)cc1. The van der Waals surface area contributed by atoms with Crippen molar-refractivity contribution in [3.05, 3.63) is 54.1 Å². The van der Waals surface area contributed by atoms with Gasteiger partial charge in [-0.1, -0.05) is 24.3 Å². The molecule has 0 aliphatic carbocycles. The Balaban J connectivity index is 1.90. The lowest BCUT2D eigenvalue weighted by atomic mass is 10.2. The number of carbonyl (C=O) groups is 1. The number of thioether (sulfide) groups is 1. The first-order valence-corrected chi connectivity index (χ1v) is 8.05. The van der Waals surface area contributed by atoms with E-state index in [1.807, 2.05) is 55.5 Å².